The van der Waals surface area contributed by atoms with E-state index in [2.05, 4.69) is 0 Å². The van der Waals surface area contributed by atoms with Crippen molar-refractivity contribution in [2.24, 2.45) is 0 Å². The summed E-state index contributed by atoms with van der Waals surface area (Å²) in [6, 6.07) is 16.9. The highest BCUT2D eigenvalue weighted by Gasteiger charge is 2.28. The van der Waals surface area contributed by atoms with Crippen LogP contribution in [0.5, 0.6) is 0 Å². The van der Waals surface area contributed by atoms with Gasteiger partial charge in [-0.3, -0.25) is 4.57 Å². The molecular weight excluding hydrogens is 379 g/mol. The summed E-state index contributed by atoms with van der Waals surface area (Å²) in [4.78, 5) is 24.2. The zero-order chi connectivity index (χ0) is 19.6. The van der Waals surface area contributed by atoms with E-state index in [1.807, 2.05) is 62.4 Å². The lowest BCUT2D eigenvalue weighted by molar-refractivity contribution is 0.0605. The van der Waals surface area contributed by atoms with Gasteiger partial charge in [0.25, 0.3) is 0 Å². The number of carbonyl (C=O) groups is 1. The predicted octanol–water partition coefficient (Wildman–Crippen LogP) is 4.91. The Hall–Kier alpha value is -2.20. The highest BCUT2D eigenvalue weighted by molar-refractivity contribution is 7.65. The molecule has 0 spiro atoms. The van der Waals surface area contributed by atoms with Gasteiger partial charge < -0.3 is 9.63 Å². The lowest BCUT2D eigenvalue weighted by Gasteiger charge is -2.15. The van der Waals surface area contributed by atoms with E-state index in [-0.39, 0.29) is 6.16 Å². The molecular formula is C21H21O4PS. The standard InChI is InChI=1S/C21H21O4PS/c1-14-9-10-18(15(2)11-14)26(23,24)13-17-12-19(16-7-5-4-6-8-16)27-20(17)21(22)25-3/h4-12H,13H2,1-3H3,(H,23,24). The number of aryl methyl sites for hydroxylation is 2. The molecule has 2 aromatic carbocycles. The molecule has 1 N–H and O–H groups in total. The first-order valence-corrected chi connectivity index (χ1v) is 11.1. The van der Waals surface area contributed by atoms with E-state index in [1.165, 1.54) is 18.4 Å². The highest BCUT2D eigenvalue weighted by Crippen LogP contribution is 2.47. The van der Waals surface area contributed by atoms with Crippen LogP contribution in [0, 0.1) is 13.8 Å². The molecule has 0 saturated heterocycles. The van der Waals surface area contributed by atoms with E-state index < -0.39 is 13.3 Å². The van der Waals surface area contributed by atoms with Gasteiger partial charge in [0, 0.05) is 10.2 Å². The highest BCUT2D eigenvalue weighted by atomic mass is 32.1. The number of benzene rings is 2. The van der Waals surface area contributed by atoms with Crippen LogP contribution in [-0.4, -0.2) is 18.0 Å². The SMILES string of the molecule is COC(=O)c1sc(-c2ccccc2)cc1CP(=O)(O)c1ccc(C)cc1C. The monoisotopic (exact) mass is 400 g/mol. The minimum Gasteiger partial charge on any atom is -0.465 e. The van der Waals surface area contributed by atoms with Gasteiger partial charge in [-0.25, -0.2) is 4.79 Å². The Morgan fingerprint density at radius 3 is 2.44 bits per heavy atom. The average molecular weight is 400 g/mol. The second kappa shape index (κ2) is 7.81. The molecule has 0 bridgehead atoms. The maximum absolute atomic E-state index is 13.1. The molecule has 0 aliphatic heterocycles. The van der Waals surface area contributed by atoms with Crippen molar-refractivity contribution in [2.45, 2.75) is 20.0 Å². The van der Waals surface area contributed by atoms with E-state index >= 15 is 0 Å². The third-order valence-corrected chi connectivity index (χ3v) is 7.58. The maximum atomic E-state index is 13.1. The molecule has 1 unspecified atom stereocenters. The molecule has 0 aliphatic rings. The molecule has 0 saturated carbocycles. The van der Waals surface area contributed by atoms with Crippen molar-refractivity contribution >= 4 is 30.0 Å². The first-order valence-electron chi connectivity index (χ1n) is 8.48. The Labute approximate surface area is 162 Å². The van der Waals surface area contributed by atoms with Crippen LogP contribution in [-0.2, 0) is 15.5 Å². The molecule has 0 fully saturated rings. The van der Waals surface area contributed by atoms with Crippen molar-refractivity contribution in [2.75, 3.05) is 7.11 Å². The fraction of sp³-hybridized carbons (Fsp3) is 0.190. The van der Waals surface area contributed by atoms with Crippen LogP contribution < -0.4 is 5.30 Å². The molecule has 6 heteroatoms. The van der Waals surface area contributed by atoms with Crippen molar-refractivity contribution in [1.82, 2.24) is 0 Å². The van der Waals surface area contributed by atoms with Crippen molar-refractivity contribution in [3.05, 3.63) is 76.2 Å². The average Bonchev–Trinajstić information content (AvgIpc) is 3.04. The molecule has 1 aromatic heterocycles. The van der Waals surface area contributed by atoms with Gasteiger partial charge in [-0.1, -0.05) is 48.0 Å². The van der Waals surface area contributed by atoms with Gasteiger partial charge in [0.1, 0.15) is 4.88 Å². The van der Waals surface area contributed by atoms with Gasteiger partial charge in [0.05, 0.1) is 13.3 Å². The number of methoxy groups -OCH3 is 1. The topological polar surface area (TPSA) is 63.6 Å². The van der Waals surface area contributed by atoms with Crippen LogP contribution in [0.15, 0.2) is 54.6 Å². The first-order chi connectivity index (χ1) is 12.8. The maximum Gasteiger partial charge on any atom is 0.348 e. The number of hydrogen-bond donors (Lipinski definition) is 1. The number of thiophene rings is 1. The summed E-state index contributed by atoms with van der Waals surface area (Å²) in [5, 5.41) is 0.427. The van der Waals surface area contributed by atoms with Crippen LogP contribution >= 0.6 is 18.7 Å². The Morgan fingerprint density at radius 2 is 1.81 bits per heavy atom. The molecule has 27 heavy (non-hydrogen) atoms. The van der Waals surface area contributed by atoms with Crippen LogP contribution in [0.1, 0.15) is 26.4 Å². The van der Waals surface area contributed by atoms with E-state index in [1.54, 1.807) is 6.07 Å². The summed E-state index contributed by atoms with van der Waals surface area (Å²) in [5.74, 6) is -0.488. The molecule has 0 amide bonds. The third-order valence-electron chi connectivity index (χ3n) is 4.35. The van der Waals surface area contributed by atoms with E-state index in [0.717, 1.165) is 21.6 Å². The van der Waals surface area contributed by atoms with Gasteiger partial charge in [0.2, 0.25) is 7.37 Å². The summed E-state index contributed by atoms with van der Waals surface area (Å²) in [6.07, 6.45) is -0.106. The number of ether oxygens (including phenoxy) is 1. The van der Waals surface area contributed by atoms with Gasteiger partial charge in [-0.05, 0) is 42.7 Å². The number of rotatable bonds is 5. The second-order valence-electron chi connectivity index (χ2n) is 6.47. The number of esters is 1. The summed E-state index contributed by atoms with van der Waals surface area (Å²) >= 11 is 1.28. The Balaban J connectivity index is 2.03. The molecule has 4 nitrogen and oxygen atoms in total. The van der Waals surface area contributed by atoms with Crippen LogP contribution in [0.25, 0.3) is 10.4 Å². The normalized spacial score (nSPS) is 13.2. The molecule has 3 aromatic rings. The first kappa shape index (κ1) is 19.6. The van der Waals surface area contributed by atoms with E-state index in [9.17, 15) is 14.3 Å². The zero-order valence-electron chi connectivity index (χ0n) is 15.4. The quantitative estimate of drug-likeness (QED) is 0.488. The molecule has 0 radical (unpaired) electrons. The summed E-state index contributed by atoms with van der Waals surface area (Å²) < 4.78 is 18.0. The lowest BCUT2D eigenvalue weighted by atomic mass is 10.1. The minimum atomic E-state index is -3.68. The van der Waals surface area contributed by atoms with Crippen LogP contribution in [0.3, 0.4) is 0 Å². The summed E-state index contributed by atoms with van der Waals surface area (Å²) in [6.45, 7) is 3.77. The zero-order valence-corrected chi connectivity index (χ0v) is 17.1. The van der Waals surface area contributed by atoms with Gasteiger partial charge in [-0.2, -0.15) is 0 Å². The lowest BCUT2D eigenvalue weighted by Crippen LogP contribution is -2.11. The fourth-order valence-corrected chi connectivity index (χ4v) is 6.09. The Bertz CT molecular complexity index is 1020. The molecule has 1 heterocycles. The van der Waals surface area contributed by atoms with E-state index in [4.69, 9.17) is 4.74 Å². The Morgan fingerprint density at radius 1 is 1.11 bits per heavy atom. The predicted molar refractivity (Wildman–Crippen MR) is 110 cm³/mol. The second-order valence-corrected chi connectivity index (χ2v) is 9.73. The van der Waals surface area contributed by atoms with Crippen molar-refractivity contribution in [1.29, 1.82) is 0 Å². The fourth-order valence-electron chi connectivity index (χ4n) is 3.07. The van der Waals surface area contributed by atoms with Crippen LogP contribution in [0.4, 0.5) is 0 Å². The molecule has 1 atom stereocenters. The van der Waals surface area contributed by atoms with Crippen molar-refractivity contribution < 1.29 is 19.0 Å². The molecule has 140 valence electrons. The molecule has 3 rings (SSSR count). The largest absolute Gasteiger partial charge is 0.465 e. The van der Waals surface area contributed by atoms with Gasteiger partial charge >= 0.3 is 5.97 Å². The third kappa shape index (κ3) is 4.22. The van der Waals surface area contributed by atoms with E-state index in [0.29, 0.717) is 15.7 Å². The smallest absolute Gasteiger partial charge is 0.348 e. The summed E-state index contributed by atoms with van der Waals surface area (Å²) in [7, 11) is -2.36. The summed E-state index contributed by atoms with van der Waals surface area (Å²) in [5.41, 5.74) is 3.31. The van der Waals surface area contributed by atoms with Crippen molar-refractivity contribution in [3.8, 4) is 10.4 Å². The Kier molecular flexibility index (Phi) is 5.66. The molecule has 0 aliphatic carbocycles. The number of hydrogen-bond acceptors (Lipinski definition) is 4. The van der Waals surface area contributed by atoms with Gasteiger partial charge in [-0.15, -0.1) is 11.3 Å². The minimum absolute atomic E-state index is 0.106. The number of carbonyl (C=O) groups excluding carboxylic acids is 1. The van der Waals surface area contributed by atoms with Crippen LogP contribution in [0.2, 0.25) is 0 Å². The van der Waals surface area contributed by atoms with Crippen molar-refractivity contribution in [3.63, 3.8) is 0 Å². The van der Waals surface area contributed by atoms with Gasteiger partial charge in [0.15, 0.2) is 0 Å².